The number of hydrogen-bond donors (Lipinski definition) is 0. The van der Waals surface area contributed by atoms with E-state index in [1.807, 2.05) is 6.07 Å². The SMILES string of the molecule is Cc1ccc2c3c1c1ccc[c-]c1c1nc4c(n13)C(C)(CCC(C)(C)c1ccccc1-4)C2(C)C.[Ir]. The van der Waals surface area contributed by atoms with Gasteiger partial charge in [0.25, 0.3) is 0 Å². The Morgan fingerprint density at radius 3 is 2.46 bits per heavy atom. The molecule has 2 nitrogen and oxygen atoms in total. The molecule has 1 atom stereocenters. The molecule has 1 unspecified atom stereocenters. The van der Waals surface area contributed by atoms with Gasteiger partial charge in [0.2, 0.25) is 0 Å². The van der Waals surface area contributed by atoms with Crippen molar-refractivity contribution < 1.29 is 20.1 Å². The summed E-state index contributed by atoms with van der Waals surface area (Å²) in [4.78, 5) is 5.50. The summed E-state index contributed by atoms with van der Waals surface area (Å²) in [6.07, 6.45) is 2.26. The summed E-state index contributed by atoms with van der Waals surface area (Å²) in [5.41, 5.74) is 10.4. The van der Waals surface area contributed by atoms with E-state index in [1.165, 1.54) is 44.2 Å². The Balaban J connectivity index is 0.00000229. The fraction of sp³-hybridized carbons (Fsp3) is 0.344. The van der Waals surface area contributed by atoms with Gasteiger partial charge in [-0.05, 0) is 41.7 Å². The minimum Gasteiger partial charge on any atom is -0.336 e. The van der Waals surface area contributed by atoms with Crippen LogP contribution in [0.25, 0.3) is 38.6 Å². The van der Waals surface area contributed by atoms with Crippen LogP contribution in [-0.4, -0.2) is 9.38 Å². The molecule has 179 valence electrons. The van der Waals surface area contributed by atoms with Gasteiger partial charge < -0.3 is 4.40 Å². The van der Waals surface area contributed by atoms with Crippen LogP contribution < -0.4 is 0 Å². The molecule has 2 aliphatic rings. The van der Waals surface area contributed by atoms with Crippen molar-refractivity contribution in [2.75, 3.05) is 0 Å². The first-order chi connectivity index (χ1) is 16.2. The average Bonchev–Trinajstić information content (AvgIpc) is 3.23. The number of aryl methyl sites for hydroxylation is 1. The summed E-state index contributed by atoms with van der Waals surface area (Å²) in [5.74, 6) is 0. The Morgan fingerprint density at radius 1 is 0.886 bits per heavy atom. The van der Waals surface area contributed by atoms with Gasteiger partial charge >= 0.3 is 0 Å². The van der Waals surface area contributed by atoms with Crippen LogP contribution in [0.15, 0.2) is 54.6 Å². The largest absolute Gasteiger partial charge is 0.336 e. The van der Waals surface area contributed by atoms with Gasteiger partial charge in [-0.1, -0.05) is 82.0 Å². The zero-order valence-electron chi connectivity index (χ0n) is 21.3. The van der Waals surface area contributed by atoms with Gasteiger partial charge in [-0.25, -0.2) is 0 Å². The van der Waals surface area contributed by atoms with Crippen molar-refractivity contribution in [1.29, 1.82) is 0 Å². The number of fused-ring (bicyclic) bond motifs is 5. The molecule has 7 rings (SSSR count). The molecule has 3 heterocycles. The number of pyridine rings is 1. The van der Waals surface area contributed by atoms with Crippen molar-refractivity contribution in [2.45, 2.75) is 70.6 Å². The van der Waals surface area contributed by atoms with Gasteiger partial charge in [0.05, 0.1) is 11.3 Å². The van der Waals surface area contributed by atoms with Gasteiger partial charge in [0, 0.05) is 47.7 Å². The molecular formula is C32H31IrN2-. The molecular weight excluding hydrogens is 605 g/mol. The molecule has 0 N–H and O–H groups in total. The van der Waals surface area contributed by atoms with Crippen molar-refractivity contribution >= 4 is 27.3 Å². The molecule has 0 spiro atoms. The predicted octanol–water partition coefficient (Wildman–Crippen LogP) is 8.03. The molecule has 0 amide bonds. The number of hydrogen-bond acceptors (Lipinski definition) is 1. The first-order valence-corrected chi connectivity index (χ1v) is 12.6. The van der Waals surface area contributed by atoms with E-state index in [0.717, 1.165) is 29.6 Å². The fourth-order valence-electron chi connectivity index (χ4n) is 7.10. The second kappa shape index (κ2) is 7.05. The smallest absolute Gasteiger partial charge is 0.0813 e. The van der Waals surface area contributed by atoms with E-state index < -0.39 is 0 Å². The van der Waals surface area contributed by atoms with E-state index in [2.05, 4.69) is 101 Å². The average molecular weight is 636 g/mol. The zero-order valence-corrected chi connectivity index (χ0v) is 23.7. The van der Waals surface area contributed by atoms with Crippen LogP contribution in [0, 0.1) is 13.0 Å². The second-order valence-corrected chi connectivity index (χ2v) is 12.0. The predicted molar refractivity (Wildman–Crippen MR) is 142 cm³/mol. The van der Waals surface area contributed by atoms with Crippen LogP contribution in [0.1, 0.15) is 69.8 Å². The van der Waals surface area contributed by atoms with Gasteiger partial charge in [-0.2, -0.15) is 0 Å². The van der Waals surface area contributed by atoms with E-state index >= 15 is 0 Å². The summed E-state index contributed by atoms with van der Waals surface area (Å²) in [6, 6.07) is 23.7. The Morgan fingerprint density at radius 2 is 1.66 bits per heavy atom. The van der Waals surface area contributed by atoms with Gasteiger partial charge in [0.15, 0.2) is 0 Å². The molecule has 0 saturated heterocycles. The van der Waals surface area contributed by atoms with Crippen LogP contribution in [0.3, 0.4) is 0 Å². The second-order valence-electron chi connectivity index (χ2n) is 12.0. The standard InChI is InChI=1S/C32H31N2.Ir/c1-19-15-16-24-27-25(19)20-11-7-8-12-21(20)29-33-26-22-13-9-10-14-23(22)30(2,3)17-18-32(6,31(24,4)5)28(26)34(27)29;/h7-11,13-16H,17-18H2,1-6H3;/q-1;. The fourth-order valence-corrected chi connectivity index (χ4v) is 7.10. The molecule has 0 fully saturated rings. The van der Waals surface area contributed by atoms with Crippen LogP contribution in [0.2, 0.25) is 0 Å². The topological polar surface area (TPSA) is 17.3 Å². The summed E-state index contributed by atoms with van der Waals surface area (Å²) in [7, 11) is 0. The third-order valence-corrected chi connectivity index (χ3v) is 9.57. The van der Waals surface area contributed by atoms with Crippen LogP contribution in [-0.2, 0) is 36.4 Å². The maximum atomic E-state index is 5.50. The first kappa shape index (κ1) is 23.0. The summed E-state index contributed by atoms with van der Waals surface area (Å²) in [5, 5.41) is 3.74. The Labute approximate surface area is 221 Å². The number of nitrogens with zero attached hydrogens (tertiary/aromatic N) is 2. The first-order valence-electron chi connectivity index (χ1n) is 12.6. The van der Waals surface area contributed by atoms with E-state index in [1.54, 1.807) is 0 Å². The number of aromatic nitrogens is 2. The van der Waals surface area contributed by atoms with Crippen molar-refractivity contribution in [3.8, 4) is 11.3 Å². The Bertz CT molecular complexity index is 1690. The molecule has 1 aliphatic carbocycles. The van der Waals surface area contributed by atoms with Crippen LogP contribution >= 0.6 is 0 Å². The Hall–Kier alpha value is -2.48. The molecule has 1 radical (unpaired) electrons. The molecule has 0 saturated carbocycles. The quantitative estimate of drug-likeness (QED) is 0.124. The molecule has 35 heavy (non-hydrogen) atoms. The van der Waals surface area contributed by atoms with Gasteiger partial charge in [0.1, 0.15) is 0 Å². The Kier molecular flexibility index (Phi) is 4.62. The van der Waals surface area contributed by atoms with Crippen LogP contribution in [0.4, 0.5) is 0 Å². The van der Waals surface area contributed by atoms with E-state index in [4.69, 9.17) is 4.98 Å². The van der Waals surface area contributed by atoms with E-state index in [0.29, 0.717) is 0 Å². The van der Waals surface area contributed by atoms with Crippen molar-refractivity contribution in [2.24, 2.45) is 0 Å². The van der Waals surface area contributed by atoms with Gasteiger partial charge in [-0.3, -0.25) is 4.98 Å². The minimum atomic E-state index is -0.0514. The number of imidazole rings is 1. The van der Waals surface area contributed by atoms with Crippen LogP contribution in [0.5, 0.6) is 0 Å². The van der Waals surface area contributed by atoms with E-state index in [9.17, 15) is 0 Å². The summed E-state index contributed by atoms with van der Waals surface area (Å²) < 4.78 is 2.53. The van der Waals surface area contributed by atoms with Crippen molar-refractivity contribution in [1.82, 2.24) is 9.38 Å². The third-order valence-electron chi connectivity index (χ3n) is 9.57. The maximum Gasteiger partial charge on any atom is 0.0813 e. The molecule has 3 heteroatoms. The van der Waals surface area contributed by atoms with Gasteiger partial charge in [-0.15, -0.1) is 29.7 Å². The summed E-state index contributed by atoms with van der Waals surface area (Å²) in [6.45, 7) is 14.5. The van der Waals surface area contributed by atoms with Crippen molar-refractivity contribution in [3.63, 3.8) is 0 Å². The molecule has 0 bridgehead atoms. The maximum absolute atomic E-state index is 5.50. The zero-order chi connectivity index (χ0) is 23.6. The minimum absolute atomic E-state index is 0. The monoisotopic (exact) mass is 636 g/mol. The molecule has 5 aromatic rings. The molecule has 1 aliphatic heterocycles. The van der Waals surface area contributed by atoms with E-state index in [-0.39, 0.29) is 36.4 Å². The number of benzene rings is 3. The molecule has 3 aromatic carbocycles. The number of rotatable bonds is 0. The van der Waals surface area contributed by atoms with Crippen molar-refractivity contribution in [3.05, 3.63) is 83.0 Å². The third kappa shape index (κ3) is 2.61. The normalized spacial score (nSPS) is 21.5. The molecule has 2 aromatic heterocycles. The summed E-state index contributed by atoms with van der Waals surface area (Å²) >= 11 is 0.